The van der Waals surface area contributed by atoms with Crippen LogP contribution >= 0.6 is 0 Å². The van der Waals surface area contributed by atoms with Gasteiger partial charge in [-0.3, -0.25) is 0 Å². The molecule has 1 heterocycles. The average Bonchev–Trinajstić information content (AvgIpc) is 2.49. The first-order valence-corrected chi connectivity index (χ1v) is 8.40. The highest BCUT2D eigenvalue weighted by Crippen LogP contribution is 2.27. The maximum atomic E-state index is 12.5. The Labute approximate surface area is 122 Å². The van der Waals surface area contributed by atoms with E-state index >= 15 is 0 Å². The van der Waals surface area contributed by atoms with Crippen LogP contribution in [-0.2, 0) is 0 Å². The molecule has 1 saturated heterocycles. The number of rotatable bonds is 4. The number of urea groups is 1. The van der Waals surface area contributed by atoms with Crippen molar-refractivity contribution in [1.82, 2.24) is 10.2 Å². The molecule has 0 aromatic carbocycles. The molecule has 1 aliphatic carbocycles. The normalized spacial score (nSPS) is 26.3. The van der Waals surface area contributed by atoms with Crippen molar-refractivity contribution in [3.8, 4) is 0 Å². The summed E-state index contributed by atoms with van der Waals surface area (Å²) in [5.74, 6) is 0.647. The molecule has 4 nitrogen and oxygen atoms in total. The molecule has 0 bridgehead atoms. The van der Waals surface area contributed by atoms with Gasteiger partial charge in [0.2, 0.25) is 0 Å². The summed E-state index contributed by atoms with van der Waals surface area (Å²) in [6, 6.07) is 0.591. The number of aliphatic hydroxyl groups is 1. The lowest BCUT2D eigenvalue weighted by atomic mass is 9.84. The summed E-state index contributed by atoms with van der Waals surface area (Å²) < 4.78 is 0. The van der Waals surface area contributed by atoms with Crippen molar-refractivity contribution in [2.45, 2.75) is 76.8 Å². The fourth-order valence-corrected chi connectivity index (χ4v) is 3.75. The zero-order valence-electron chi connectivity index (χ0n) is 12.8. The van der Waals surface area contributed by atoms with E-state index in [-0.39, 0.29) is 24.7 Å². The highest BCUT2D eigenvalue weighted by molar-refractivity contribution is 5.75. The van der Waals surface area contributed by atoms with Crippen LogP contribution < -0.4 is 5.32 Å². The number of hydrogen-bond donors (Lipinski definition) is 2. The lowest BCUT2D eigenvalue weighted by Gasteiger charge is -2.37. The molecule has 0 aromatic rings. The molecule has 116 valence electrons. The molecule has 0 spiro atoms. The Hall–Kier alpha value is -0.770. The Balaban J connectivity index is 1.85. The predicted octanol–water partition coefficient (Wildman–Crippen LogP) is 2.90. The second-order valence-corrected chi connectivity index (χ2v) is 6.49. The van der Waals surface area contributed by atoms with E-state index in [0.29, 0.717) is 12.3 Å². The Morgan fingerprint density at radius 2 is 1.90 bits per heavy atom. The van der Waals surface area contributed by atoms with Gasteiger partial charge in [0.05, 0.1) is 0 Å². The number of hydrogen-bond acceptors (Lipinski definition) is 2. The van der Waals surface area contributed by atoms with Gasteiger partial charge in [-0.05, 0) is 51.4 Å². The average molecular weight is 282 g/mol. The fourth-order valence-electron chi connectivity index (χ4n) is 3.75. The van der Waals surface area contributed by atoms with Crippen LogP contribution in [-0.4, -0.2) is 41.3 Å². The summed E-state index contributed by atoms with van der Waals surface area (Å²) in [5, 5.41) is 12.4. The molecule has 2 atom stereocenters. The number of carbonyl (C=O) groups is 1. The van der Waals surface area contributed by atoms with Crippen LogP contribution in [0.5, 0.6) is 0 Å². The summed E-state index contributed by atoms with van der Waals surface area (Å²) in [5.41, 5.74) is 0. The third-order valence-electron chi connectivity index (χ3n) is 5.06. The summed E-state index contributed by atoms with van der Waals surface area (Å²) in [6.07, 6.45) is 10.5. The molecule has 2 fully saturated rings. The smallest absolute Gasteiger partial charge is 0.317 e. The summed E-state index contributed by atoms with van der Waals surface area (Å²) >= 11 is 0. The van der Waals surface area contributed by atoms with Gasteiger partial charge in [-0.2, -0.15) is 0 Å². The molecule has 1 saturated carbocycles. The first-order valence-electron chi connectivity index (χ1n) is 8.40. The largest absolute Gasteiger partial charge is 0.396 e. The summed E-state index contributed by atoms with van der Waals surface area (Å²) in [4.78, 5) is 14.4. The fraction of sp³-hybridized carbons (Fsp3) is 0.938. The number of carbonyl (C=O) groups excluding carboxylic acids is 1. The molecule has 20 heavy (non-hydrogen) atoms. The maximum absolute atomic E-state index is 12.5. The van der Waals surface area contributed by atoms with E-state index in [1.165, 1.54) is 38.5 Å². The Bertz CT molecular complexity index is 301. The van der Waals surface area contributed by atoms with Crippen molar-refractivity contribution in [2.75, 3.05) is 13.2 Å². The topological polar surface area (TPSA) is 52.6 Å². The lowest BCUT2D eigenvalue weighted by molar-refractivity contribution is 0.126. The highest BCUT2D eigenvalue weighted by atomic mass is 16.3. The first-order chi connectivity index (χ1) is 9.72. The van der Waals surface area contributed by atoms with Crippen LogP contribution in [0.2, 0.25) is 0 Å². The molecule has 2 unspecified atom stereocenters. The number of aliphatic hydroxyl groups excluding tert-OH is 1. The highest BCUT2D eigenvalue weighted by Gasteiger charge is 2.28. The molecule has 4 heteroatoms. The third-order valence-corrected chi connectivity index (χ3v) is 5.06. The number of piperidine rings is 1. The van der Waals surface area contributed by atoms with Crippen LogP contribution in [0.15, 0.2) is 0 Å². The second kappa shape index (κ2) is 7.87. The predicted molar refractivity (Wildman–Crippen MR) is 80.6 cm³/mol. The van der Waals surface area contributed by atoms with Gasteiger partial charge in [-0.1, -0.05) is 19.3 Å². The number of nitrogens with zero attached hydrogens (tertiary/aromatic N) is 1. The minimum absolute atomic E-state index is 0.0845. The lowest BCUT2D eigenvalue weighted by Crippen LogP contribution is -2.52. The SMILES string of the molecule is CC(NC(=O)N1CCCCC1CCO)C1CCCCC1. The minimum atomic E-state index is 0.0845. The Kier molecular flexibility index (Phi) is 6.14. The van der Waals surface area contributed by atoms with E-state index in [9.17, 15) is 4.79 Å². The zero-order valence-corrected chi connectivity index (χ0v) is 12.8. The van der Waals surface area contributed by atoms with E-state index in [1.807, 2.05) is 4.90 Å². The Morgan fingerprint density at radius 3 is 2.60 bits per heavy atom. The van der Waals surface area contributed by atoms with Crippen molar-refractivity contribution in [3.63, 3.8) is 0 Å². The van der Waals surface area contributed by atoms with Gasteiger partial charge in [0.1, 0.15) is 0 Å². The van der Waals surface area contributed by atoms with E-state index in [4.69, 9.17) is 5.11 Å². The zero-order chi connectivity index (χ0) is 14.4. The van der Waals surface area contributed by atoms with Crippen LogP contribution in [0.3, 0.4) is 0 Å². The molecular formula is C16H30N2O2. The molecule has 0 aromatic heterocycles. The van der Waals surface area contributed by atoms with Gasteiger partial charge in [-0.15, -0.1) is 0 Å². The van der Waals surface area contributed by atoms with Crippen LogP contribution in [0.4, 0.5) is 4.79 Å². The van der Waals surface area contributed by atoms with Crippen molar-refractivity contribution >= 4 is 6.03 Å². The standard InChI is InChI=1S/C16H30N2O2/c1-13(14-7-3-2-4-8-14)17-16(20)18-11-6-5-9-15(18)10-12-19/h13-15,19H,2-12H2,1H3,(H,17,20). The van der Waals surface area contributed by atoms with Crippen LogP contribution in [0.1, 0.15) is 64.7 Å². The summed E-state index contributed by atoms with van der Waals surface area (Å²) in [7, 11) is 0. The number of amides is 2. The molecule has 2 aliphatic rings. The van der Waals surface area contributed by atoms with Crippen molar-refractivity contribution < 1.29 is 9.90 Å². The second-order valence-electron chi connectivity index (χ2n) is 6.49. The van der Waals surface area contributed by atoms with E-state index < -0.39 is 0 Å². The van der Waals surface area contributed by atoms with Crippen LogP contribution in [0.25, 0.3) is 0 Å². The summed E-state index contributed by atoms with van der Waals surface area (Å²) in [6.45, 7) is 3.17. The van der Waals surface area contributed by atoms with Crippen molar-refractivity contribution in [1.29, 1.82) is 0 Å². The Morgan fingerprint density at radius 1 is 1.20 bits per heavy atom. The quantitative estimate of drug-likeness (QED) is 0.833. The maximum Gasteiger partial charge on any atom is 0.317 e. The molecule has 1 aliphatic heterocycles. The van der Waals surface area contributed by atoms with Crippen molar-refractivity contribution in [2.24, 2.45) is 5.92 Å². The van der Waals surface area contributed by atoms with E-state index in [1.54, 1.807) is 0 Å². The van der Waals surface area contributed by atoms with Gasteiger partial charge in [0.25, 0.3) is 0 Å². The van der Waals surface area contributed by atoms with Gasteiger partial charge in [0.15, 0.2) is 0 Å². The van der Waals surface area contributed by atoms with Gasteiger partial charge in [-0.25, -0.2) is 4.79 Å². The first kappa shape index (κ1) is 15.6. The van der Waals surface area contributed by atoms with Crippen molar-refractivity contribution in [3.05, 3.63) is 0 Å². The van der Waals surface area contributed by atoms with Gasteiger partial charge >= 0.3 is 6.03 Å². The molecule has 0 radical (unpaired) electrons. The van der Waals surface area contributed by atoms with Gasteiger partial charge in [0, 0.05) is 25.2 Å². The molecule has 2 N–H and O–H groups in total. The minimum Gasteiger partial charge on any atom is -0.396 e. The van der Waals surface area contributed by atoms with E-state index in [2.05, 4.69) is 12.2 Å². The number of likely N-dealkylation sites (tertiary alicyclic amines) is 1. The molecular weight excluding hydrogens is 252 g/mol. The van der Waals surface area contributed by atoms with E-state index in [0.717, 1.165) is 19.4 Å². The molecule has 2 rings (SSSR count). The number of nitrogens with one attached hydrogen (secondary N) is 1. The third kappa shape index (κ3) is 4.11. The monoisotopic (exact) mass is 282 g/mol. The molecule has 2 amide bonds. The van der Waals surface area contributed by atoms with Gasteiger partial charge < -0.3 is 15.3 Å². The van der Waals surface area contributed by atoms with Crippen LogP contribution in [0, 0.1) is 5.92 Å².